The Morgan fingerprint density at radius 2 is 1.89 bits per heavy atom. The first-order valence-electron chi connectivity index (χ1n) is 8.96. The molecule has 1 aromatic carbocycles. The van der Waals surface area contributed by atoms with Gasteiger partial charge in [-0.15, -0.1) is 0 Å². The summed E-state index contributed by atoms with van der Waals surface area (Å²) in [5.41, 5.74) is 1.60. The summed E-state index contributed by atoms with van der Waals surface area (Å²) in [6.07, 6.45) is 2.16. The average molecular weight is 386 g/mol. The zero-order valence-electron chi connectivity index (χ0n) is 14.9. The maximum absolute atomic E-state index is 12.5. The van der Waals surface area contributed by atoms with Gasteiger partial charge in [-0.05, 0) is 42.3 Å². The van der Waals surface area contributed by atoms with E-state index in [1.54, 1.807) is 35.2 Å². The van der Waals surface area contributed by atoms with Crippen LogP contribution in [0.25, 0.3) is 0 Å². The van der Waals surface area contributed by atoms with E-state index >= 15 is 0 Å². The van der Waals surface area contributed by atoms with Gasteiger partial charge in [0, 0.05) is 36.5 Å². The van der Waals surface area contributed by atoms with Crippen molar-refractivity contribution in [1.29, 1.82) is 0 Å². The van der Waals surface area contributed by atoms with E-state index < -0.39 is 5.97 Å². The lowest BCUT2D eigenvalue weighted by Gasteiger charge is -2.32. The maximum Gasteiger partial charge on any atom is 0.335 e. The molecular weight excluding hydrogens is 364 g/mol. The van der Waals surface area contributed by atoms with Crippen molar-refractivity contribution in [3.63, 3.8) is 0 Å². The van der Waals surface area contributed by atoms with Gasteiger partial charge in [-0.1, -0.05) is 18.2 Å². The highest BCUT2D eigenvalue weighted by atomic mass is 32.1. The number of amides is 2. The highest BCUT2D eigenvalue weighted by Gasteiger charge is 2.24. The van der Waals surface area contributed by atoms with Crippen molar-refractivity contribution >= 4 is 29.1 Å². The molecule has 2 amide bonds. The van der Waals surface area contributed by atoms with Crippen LogP contribution < -0.4 is 5.32 Å². The molecule has 0 spiro atoms. The van der Waals surface area contributed by atoms with Crippen molar-refractivity contribution in [2.45, 2.75) is 31.7 Å². The van der Waals surface area contributed by atoms with Crippen LogP contribution in [0.3, 0.4) is 0 Å². The molecule has 2 N–H and O–H groups in total. The van der Waals surface area contributed by atoms with Gasteiger partial charge in [0.05, 0.1) is 5.56 Å². The van der Waals surface area contributed by atoms with Crippen LogP contribution in [0.4, 0.5) is 0 Å². The predicted molar refractivity (Wildman–Crippen MR) is 103 cm³/mol. The third-order valence-electron chi connectivity index (χ3n) is 4.82. The van der Waals surface area contributed by atoms with Crippen LogP contribution in [0.1, 0.15) is 45.5 Å². The second-order valence-corrected chi connectivity index (χ2v) is 7.38. The van der Waals surface area contributed by atoms with Crippen molar-refractivity contribution in [2.24, 2.45) is 0 Å². The Morgan fingerprint density at radius 3 is 2.56 bits per heavy atom. The third kappa shape index (κ3) is 4.95. The van der Waals surface area contributed by atoms with Crippen LogP contribution in [0.5, 0.6) is 0 Å². The molecule has 3 rings (SSSR count). The fraction of sp³-hybridized carbons (Fsp3) is 0.350. The molecule has 1 saturated heterocycles. The lowest BCUT2D eigenvalue weighted by Crippen LogP contribution is -2.46. The Labute approximate surface area is 161 Å². The molecule has 0 aliphatic carbocycles. The summed E-state index contributed by atoms with van der Waals surface area (Å²) in [5.74, 6) is -1.01. The first kappa shape index (κ1) is 19.1. The number of nitrogens with one attached hydrogen (secondary N) is 1. The number of carboxylic acids is 1. The van der Waals surface area contributed by atoms with E-state index in [9.17, 15) is 19.5 Å². The molecule has 1 aromatic heterocycles. The maximum atomic E-state index is 12.5. The van der Waals surface area contributed by atoms with Gasteiger partial charge in [0.15, 0.2) is 0 Å². The van der Waals surface area contributed by atoms with Crippen molar-refractivity contribution in [3.05, 3.63) is 57.8 Å². The van der Waals surface area contributed by atoms with Crippen LogP contribution in [-0.4, -0.2) is 46.9 Å². The number of piperidine rings is 1. The van der Waals surface area contributed by atoms with E-state index in [2.05, 4.69) is 5.32 Å². The number of carbonyl (C=O) groups is 3. The highest BCUT2D eigenvalue weighted by Crippen LogP contribution is 2.16. The molecule has 27 heavy (non-hydrogen) atoms. The van der Waals surface area contributed by atoms with Gasteiger partial charge in [0.25, 0.3) is 5.91 Å². The number of thiophene rings is 1. The SMILES string of the molecule is O=C(NC1CCN(C(=O)CCc2ccccc2C(=O)O)CC1)c1ccsc1. The molecule has 0 radical (unpaired) electrons. The van der Waals surface area contributed by atoms with E-state index in [4.69, 9.17) is 0 Å². The number of carboxylic acid groups (broad SMARTS) is 1. The van der Waals surface area contributed by atoms with Gasteiger partial charge >= 0.3 is 5.97 Å². The first-order chi connectivity index (χ1) is 13.0. The summed E-state index contributed by atoms with van der Waals surface area (Å²) >= 11 is 1.49. The average Bonchev–Trinajstić information content (AvgIpc) is 3.22. The number of likely N-dealkylation sites (tertiary alicyclic amines) is 1. The number of nitrogens with zero attached hydrogens (tertiary/aromatic N) is 1. The molecule has 6 nitrogen and oxygen atoms in total. The quantitative estimate of drug-likeness (QED) is 0.799. The summed E-state index contributed by atoms with van der Waals surface area (Å²) in [6, 6.07) is 8.66. The molecular formula is C20H22N2O4S. The Hall–Kier alpha value is -2.67. The lowest BCUT2D eigenvalue weighted by atomic mass is 10.0. The summed E-state index contributed by atoms with van der Waals surface area (Å²) in [4.78, 5) is 37.6. The fourth-order valence-corrected chi connectivity index (χ4v) is 3.92. The van der Waals surface area contributed by atoms with E-state index in [-0.39, 0.29) is 29.8 Å². The molecule has 2 aromatic rings. The van der Waals surface area contributed by atoms with Gasteiger partial charge in [0.1, 0.15) is 0 Å². The molecule has 0 atom stereocenters. The molecule has 0 bridgehead atoms. The smallest absolute Gasteiger partial charge is 0.335 e. The second-order valence-electron chi connectivity index (χ2n) is 6.60. The van der Waals surface area contributed by atoms with E-state index in [0.29, 0.717) is 30.6 Å². The zero-order chi connectivity index (χ0) is 19.2. The Bertz CT molecular complexity index is 811. The summed E-state index contributed by atoms with van der Waals surface area (Å²) < 4.78 is 0. The van der Waals surface area contributed by atoms with E-state index in [0.717, 1.165) is 12.8 Å². The van der Waals surface area contributed by atoms with Crippen LogP contribution in [-0.2, 0) is 11.2 Å². The Morgan fingerprint density at radius 1 is 1.15 bits per heavy atom. The van der Waals surface area contributed by atoms with Gasteiger partial charge < -0.3 is 15.3 Å². The second kappa shape index (κ2) is 8.81. The van der Waals surface area contributed by atoms with Gasteiger partial charge in [-0.2, -0.15) is 11.3 Å². The topological polar surface area (TPSA) is 86.7 Å². The monoisotopic (exact) mass is 386 g/mol. The third-order valence-corrected chi connectivity index (χ3v) is 5.51. The van der Waals surface area contributed by atoms with Crippen LogP contribution >= 0.6 is 11.3 Å². The number of carbonyl (C=O) groups excluding carboxylic acids is 2. The molecule has 142 valence electrons. The Balaban J connectivity index is 1.46. The minimum atomic E-state index is -0.972. The number of benzene rings is 1. The molecule has 2 heterocycles. The largest absolute Gasteiger partial charge is 0.478 e. The molecule has 0 unspecified atom stereocenters. The normalized spacial score (nSPS) is 14.7. The number of hydrogen-bond donors (Lipinski definition) is 2. The number of aromatic carboxylic acids is 1. The van der Waals surface area contributed by atoms with Crippen molar-refractivity contribution < 1.29 is 19.5 Å². The minimum Gasteiger partial charge on any atom is -0.478 e. The van der Waals surface area contributed by atoms with Gasteiger partial charge in [0.2, 0.25) is 5.91 Å². The molecule has 7 heteroatoms. The summed E-state index contributed by atoms with van der Waals surface area (Å²) in [7, 11) is 0. The summed E-state index contributed by atoms with van der Waals surface area (Å²) in [6.45, 7) is 1.21. The zero-order valence-corrected chi connectivity index (χ0v) is 15.7. The highest BCUT2D eigenvalue weighted by molar-refractivity contribution is 7.08. The summed E-state index contributed by atoms with van der Waals surface area (Å²) in [5, 5.41) is 15.9. The first-order valence-corrected chi connectivity index (χ1v) is 9.91. The lowest BCUT2D eigenvalue weighted by molar-refractivity contribution is -0.132. The number of aryl methyl sites for hydroxylation is 1. The predicted octanol–water partition coefficient (Wildman–Crippen LogP) is 2.80. The van der Waals surface area contributed by atoms with E-state index in [1.165, 1.54) is 11.3 Å². The standard InChI is InChI=1S/C20H22N2O4S/c23-18(6-5-14-3-1-2-4-17(14)20(25)26)22-10-7-16(8-11-22)21-19(24)15-9-12-27-13-15/h1-4,9,12-13,16H,5-8,10-11H2,(H,21,24)(H,25,26). The Kier molecular flexibility index (Phi) is 6.24. The molecule has 1 aliphatic heterocycles. The number of hydrogen-bond acceptors (Lipinski definition) is 4. The molecule has 0 saturated carbocycles. The van der Waals surface area contributed by atoms with Gasteiger partial charge in [-0.3, -0.25) is 9.59 Å². The van der Waals surface area contributed by atoms with E-state index in [1.807, 2.05) is 10.8 Å². The van der Waals surface area contributed by atoms with Crippen molar-refractivity contribution in [3.8, 4) is 0 Å². The van der Waals surface area contributed by atoms with Crippen molar-refractivity contribution in [2.75, 3.05) is 13.1 Å². The molecule has 1 aliphatic rings. The fourth-order valence-electron chi connectivity index (χ4n) is 3.28. The minimum absolute atomic E-state index is 0.0257. The van der Waals surface area contributed by atoms with Crippen LogP contribution in [0.15, 0.2) is 41.1 Å². The van der Waals surface area contributed by atoms with Gasteiger partial charge in [-0.25, -0.2) is 4.79 Å². The molecule has 1 fully saturated rings. The number of rotatable bonds is 6. The van der Waals surface area contributed by atoms with Crippen molar-refractivity contribution in [1.82, 2.24) is 10.2 Å². The van der Waals surface area contributed by atoms with Crippen LogP contribution in [0, 0.1) is 0 Å². The van der Waals surface area contributed by atoms with Crippen LogP contribution in [0.2, 0.25) is 0 Å².